The van der Waals surface area contributed by atoms with Crippen molar-refractivity contribution in [2.45, 2.75) is 27.7 Å². The fourth-order valence-corrected chi connectivity index (χ4v) is 1.88. The van der Waals surface area contributed by atoms with Gasteiger partial charge in [-0.15, -0.1) is 0 Å². The molecule has 0 spiro atoms. The summed E-state index contributed by atoms with van der Waals surface area (Å²) in [4.78, 5) is 0. The van der Waals surface area contributed by atoms with Gasteiger partial charge in [-0.05, 0) is 0 Å². The summed E-state index contributed by atoms with van der Waals surface area (Å²) in [6, 6.07) is 37.6. The van der Waals surface area contributed by atoms with Crippen LogP contribution < -0.4 is 0 Å². The van der Waals surface area contributed by atoms with Crippen LogP contribution in [0.4, 0.5) is 0 Å². The van der Waals surface area contributed by atoms with Crippen molar-refractivity contribution >= 4 is 0 Å². The molecule has 1 heteroatoms. The second kappa shape index (κ2) is 16.1. The van der Waals surface area contributed by atoms with Gasteiger partial charge in [-0.1, -0.05) is 27.7 Å². The normalized spacial score (nSPS) is 8.44. The van der Waals surface area contributed by atoms with Gasteiger partial charge in [0.25, 0.3) is 0 Å². The Hall–Kier alpha value is -2.15. The first-order valence-electron chi connectivity index (χ1n) is 8.81. The number of hydrogen-bond acceptors (Lipinski definition) is 0. The van der Waals surface area contributed by atoms with Gasteiger partial charge in [0, 0.05) is 0 Å². The Labute approximate surface area is 180 Å². The topological polar surface area (TPSA) is 0 Å². The zero-order chi connectivity index (χ0) is 19.0. The fourth-order valence-electron chi connectivity index (χ4n) is 1.88. The van der Waals surface area contributed by atoms with Crippen molar-refractivity contribution in [3.8, 4) is 0 Å². The van der Waals surface area contributed by atoms with Crippen LogP contribution in [-0.2, 0) is 21.7 Å². The number of aryl methyl sites for hydroxylation is 4. The van der Waals surface area contributed by atoms with Crippen LogP contribution in [-0.4, -0.2) is 0 Å². The largest absolute Gasteiger partial charge is 4.00 e. The molecule has 0 aliphatic heterocycles. The van der Waals surface area contributed by atoms with Crippen LogP contribution in [0, 0.1) is 39.8 Å². The van der Waals surface area contributed by atoms with Crippen molar-refractivity contribution in [2.75, 3.05) is 0 Å². The minimum atomic E-state index is 0. The van der Waals surface area contributed by atoms with Gasteiger partial charge in [-0.25, -0.2) is 24.3 Å². The third kappa shape index (κ3) is 12.8. The van der Waals surface area contributed by atoms with Gasteiger partial charge < -0.3 is 0 Å². The third-order valence-corrected chi connectivity index (χ3v) is 3.84. The molecule has 0 heterocycles. The Balaban J connectivity index is 0.000000331. The maximum atomic E-state index is 2.89. The fraction of sp³-hybridized carbons (Fsp3) is 0.154. The molecule has 0 aliphatic carbocycles. The van der Waals surface area contributed by atoms with E-state index in [1.54, 1.807) is 0 Å². The van der Waals surface area contributed by atoms with Crippen molar-refractivity contribution in [3.05, 3.63) is 131 Å². The molecule has 0 unspecified atom stereocenters. The predicted octanol–water partition coefficient (Wildman–Crippen LogP) is 7.02. The Kier molecular flexibility index (Phi) is 14.8. The summed E-state index contributed by atoms with van der Waals surface area (Å²) in [5, 5.41) is 0. The van der Waals surface area contributed by atoms with E-state index in [0.717, 1.165) is 0 Å². The summed E-state index contributed by atoms with van der Waals surface area (Å²) in [7, 11) is 0. The number of benzene rings is 2. The molecule has 0 saturated heterocycles. The molecule has 27 heavy (non-hydrogen) atoms. The van der Waals surface area contributed by atoms with Crippen molar-refractivity contribution in [3.63, 3.8) is 0 Å². The minimum absolute atomic E-state index is 0. The summed E-state index contributed by atoms with van der Waals surface area (Å²) >= 11 is 0. The first-order valence-corrected chi connectivity index (χ1v) is 8.81. The third-order valence-electron chi connectivity index (χ3n) is 3.84. The van der Waals surface area contributed by atoms with E-state index in [1.807, 2.05) is 60.7 Å². The first-order chi connectivity index (χ1) is 12.6. The Morgan fingerprint density at radius 3 is 0.963 bits per heavy atom. The van der Waals surface area contributed by atoms with Crippen LogP contribution in [0.3, 0.4) is 0 Å². The summed E-state index contributed by atoms with van der Waals surface area (Å²) < 4.78 is 0. The van der Waals surface area contributed by atoms with E-state index >= 15 is 0 Å². The van der Waals surface area contributed by atoms with Gasteiger partial charge in [0.1, 0.15) is 0 Å². The second-order valence-corrected chi connectivity index (χ2v) is 5.94. The quantitative estimate of drug-likeness (QED) is 0.224. The molecule has 0 bridgehead atoms. The van der Waals surface area contributed by atoms with Gasteiger partial charge >= 0.3 is 21.7 Å². The van der Waals surface area contributed by atoms with Crippen molar-refractivity contribution in [2.24, 2.45) is 0 Å². The van der Waals surface area contributed by atoms with Gasteiger partial charge in [-0.2, -0.15) is 107 Å². The molecule has 0 atom stereocenters. The van der Waals surface area contributed by atoms with E-state index in [-0.39, 0.29) is 21.7 Å². The van der Waals surface area contributed by atoms with E-state index in [9.17, 15) is 0 Å². The molecular formula is C26H28Ti. The summed E-state index contributed by atoms with van der Waals surface area (Å²) in [6.07, 6.45) is 0. The molecule has 0 aliphatic rings. The molecule has 0 radical (unpaired) electrons. The molecule has 0 nitrogen and oxygen atoms in total. The first kappa shape index (κ1) is 24.9. The standard InChI is InChI=1S/2C7H9.2C6H5.Ti/c2*1-6-4-3-5-7(6)2;2*1-2-4-6-5-3-1;/h2*3-5H,1-2H3;2*1-5H;/q4*-1;+4. The average Bonchev–Trinajstić information content (AvgIpc) is 3.27. The Morgan fingerprint density at radius 2 is 0.889 bits per heavy atom. The molecule has 136 valence electrons. The number of rotatable bonds is 0. The van der Waals surface area contributed by atoms with Gasteiger partial charge in [0.15, 0.2) is 0 Å². The minimum Gasteiger partial charge on any atom is -0.213 e. The van der Waals surface area contributed by atoms with E-state index in [0.29, 0.717) is 0 Å². The number of hydrogen-bond donors (Lipinski definition) is 0. The second-order valence-electron chi connectivity index (χ2n) is 5.94. The zero-order valence-electron chi connectivity index (χ0n) is 16.7. The molecule has 4 rings (SSSR count). The SMILES string of the molecule is Cc1ccc[c-]1C.Cc1ccc[c-]1C.[Ti+4].[c-]1ccccc1.[c-]1ccccc1. The van der Waals surface area contributed by atoms with Gasteiger partial charge in [0.05, 0.1) is 0 Å². The monoisotopic (exact) mass is 388 g/mol. The molecule has 4 aromatic carbocycles. The molecule has 0 fully saturated rings. The average molecular weight is 388 g/mol. The van der Waals surface area contributed by atoms with E-state index in [2.05, 4.69) is 76.2 Å². The van der Waals surface area contributed by atoms with E-state index in [1.165, 1.54) is 22.3 Å². The van der Waals surface area contributed by atoms with E-state index in [4.69, 9.17) is 0 Å². The molecule has 4 aromatic rings. The van der Waals surface area contributed by atoms with Crippen LogP contribution in [0.5, 0.6) is 0 Å². The van der Waals surface area contributed by atoms with Crippen LogP contribution in [0.1, 0.15) is 22.3 Å². The van der Waals surface area contributed by atoms with Crippen LogP contribution >= 0.6 is 0 Å². The van der Waals surface area contributed by atoms with Gasteiger partial charge in [0.2, 0.25) is 0 Å². The van der Waals surface area contributed by atoms with Crippen LogP contribution in [0.2, 0.25) is 0 Å². The van der Waals surface area contributed by atoms with Crippen molar-refractivity contribution < 1.29 is 21.7 Å². The Bertz CT molecular complexity index is 623. The molecule has 0 N–H and O–H groups in total. The zero-order valence-corrected chi connectivity index (χ0v) is 18.3. The maximum absolute atomic E-state index is 2.89. The van der Waals surface area contributed by atoms with Gasteiger partial charge in [-0.3, -0.25) is 0 Å². The molecule has 0 aromatic heterocycles. The maximum Gasteiger partial charge on any atom is 4.00 e. The smallest absolute Gasteiger partial charge is 0.213 e. The van der Waals surface area contributed by atoms with Crippen molar-refractivity contribution in [1.29, 1.82) is 0 Å². The van der Waals surface area contributed by atoms with Crippen molar-refractivity contribution in [1.82, 2.24) is 0 Å². The van der Waals surface area contributed by atoms with Crippen LogP contribution in [0.15, 0.2) is 97.1 Å². The summed E-state index contributed by atoms with van der Waals surface area (Å²) in [6.45, 7) is 8.48. The molecule has 0 amide bonds. The van der Waals surface area contributed by atoms with Crippen LogP contribution in [0.25, 0.3) is 0 Å². The van der Waals surface area contributed by atoms with E-state index < -0.39 is 0 Å². The molecule has 0 saturated carbocycles. The predicted molar refractivity (Wildman–Crippen MR) is 114 cm³/mol. The Morgan fingerprint density at radius 1 is 0.556 bits per heavy atom. The molecular weight excluding hydrogens is 360 g/mol. The summed E-state index contributed by atoms with van der Waals surface area (Å²) in [5.74, 6) is 0. The summed E-state index contributed by atoms with van der Waals surface area (Å²) in [5.41, 5.74) is 5.56.